The molecule has 0 aliphatic carbocycles. The molecule has 0 aliphatic heterocycles. The van der Waals surface area contributed by atoms with E-state index in [1.807, 2.05) is 30.1 Å². The molecule has 0 bridgehead atoms. The van der Waals surface area contributed by atoms with E-state index in [9.17, 15) is 4.79 Å². The van der Waals surface area contributed by atoms with E-state index < -0.39 is 0 Å². The van der Waals surface area contributed by atoms with Crippen LogP contribution in [-0.4, -0.2) is 34.9 Å². The average Bonchev–Trinajstić information content (AvgIpc) is 2.64. The number of ketones is 1. The van der Waals surface area contributed by atoms with Gasteiger partial charge in [-0.2, -0.15) is 0 Å². The number of hydrogen-bond acceptors (Lipinski definition) is 2. The van der Waals surface area contributed by atoms with Gasteiger partial charge in [0.2, 0.25) is 0 Å². The van der Waals surface area contributed by atoms with Gasteiger partial charge in [-0.15, -0.1) is 0 Å². The van der Waals surface area contributed by atoms with Crippen molar-refractivity contribution in [2.24, 2.45) is 7.05 Å². The van der Waals surface area contributed by atoms with Crippen molar-refractivity contribution in [1.29, 1.82) is 0 Å². The largest absolute Gasteiger partial charge is 0.357 e. The van der Waals surface area contributed by atoms with Crippen LogP contribution in [0.2, 0.25) is 0 Å². The number of Topliss-reactive ketones (excluding diaryl/α,β-unsaturated/α-hetero) is 1. The molecule has 0 aliphatic rings. The number of rotatable bonds is 6. The van der Waals surface area contributed by atoms with Crippen molar-refractivity contribution in [1.82, 2.24) is 9.47 Å². The van der Waals surface area contributed by atoms with E-state index in [0.29, 0.717) is 6.54 Å². The lowest BCUT2D eigenvalue weighted by molar-refractivity contribution is 0.0934. The first kappa shape index (κ1) is 12.0. The summed E-state index contributed by atoms with van der Waals surface area (Å²) < 4.78 is 1.91. The molecule has 1 rings (SSSR count). The van der Waals surface area contributed by atoms with Gasteiger partial charge >= 0.3 is 0 Å². The summed E-state index contributed by atoms with van der Waals surface area (Å²) in [5, 5.41) is 0. The van der Waals surface area contributed by atoms with Crippen LogP contribution in [0.5, 0.6) is 0 Å². The van der Waals surface area contributed by atoms with Gasteiger partial charge in [0.25, 0.3) is 0 Å². The summed E-state index contributed by atoms with van der Waals surface area (Å²) >= 11 is 0. The zero-order valence-electron chi connectivity index (χ0n) is 9.86. The fourth-order valence-corrected chi connectivity index (χ4v) is 1.63. The molecule has 1 aromatic heterocycles. The molecule has 0 unspecified atom stereocenters. The summed E-state index contributed by atoms with van der Waals surface area (Å²) in [7, 11) is 1.93. The van der Waals surface area contributed by atoms with Gasteiger partial charge in [0.1, 0.15) is 0 Å². The van der Waals surface area contributed by atoms with E-state index in [4.69, 9.17) is 0 Å². The Kier molecular flexibility index (Phi) is 4.56. The van der Waals surface area contributed by atoms with Crippen molar-refractivity contribution in [3.05, 3.63) is 24.0 Å². The van der Waals surface area contributed by atoms with E-state index in [-0.39, 0.29) is 5.78 Å². The van der Waals surface area contributed by atoms with Crippen molar-refractivity contribution in [3.63, 3.8) is 0 Å². The highest BCUT2D eigenvalue weighted by atomic mass is 16.1. The third kappa shape index (κ3) is 3.51. The lowest BCUT2D eigenvalue weighted by Crippen LogP contribution is -2.30. The Morgan fingerprint density at radius 2 is 2.20 bits per heavy atom. The minimum atomic E-state index is 0.214. The Bertz CT molecular complexity index is 317. The Balaban J connectivity index is 2.54. The van der Waals surface area contributed by atoms with E-state index in [0.717, 1.165) is 25.1 Å². The lowest BCUT2D eigenvalue weighted by Gasteiger charge is -2.17. The number of aryl methyl sites for hydroxylation is 1. The van der Waals surface area contributed by atoms with E-state index in [1.54, 1.807) is 0 Å². The maximum atomic E-state index is 11.8. The third-order valence-electron chi connectivity index (χ3n) is 2.51. The van der Waals surface area contributed by atoms with E-state index in [2.05, 4.69) is 18.7 Å². The SMILES string of the molecule is CCCN(CC)CC(=O)c1ccn(C)c1. The van der Waals surface area contributed by atoms with Crippen LogP contribution in [0, 0.1) is 0 Å². The third-order valence-corrected chi connectivity index (χ3v) is 2.51. The van der Waals surface area contributed by atoms with Crippen LogP contribution in [0.25, 0.3) is 0 Å². The molecule has 0 atom stereocenters. The summed E-state index contributed by atoms with van der Waals surface area (Å²) in [5.41, 5.74) is 0.812. The molecule has 0 radical (unpaired) electrons. The molecular formula is C12H20N2O. The second-order valence-electron chi connectivity index (χ2n) is 3.86. The first-order valence-electron chi connectivity index (χ1n) is 5.54. The molecule has 3 nitrogen and oxygen atoms in total. The van der Waals surface area contributed by atoms with Crippen molar-refractivity contribution in [3.8, 4) is 0 Å². The molecule has 0 aromatic carbocycles. The molecule has 0 fully saturated rings. The minimum absolute atomic E-state index is 0.214. The number of nitrogens with zero attached hydrogens (tertiary/aromatic N) is 2. The molecule has 84 valence electrons. The molecule has 0 amide bonds. The van der Waals surface area contributed by atoms with E-state index in [1.165, 1.54) is 0 Å². The molecule has 0 saturated carbocycles. The van der Waals surface area contributed by atoms with Gasteiger partial charge < -0.3 is 4.57 Å². The van der Waals surface area contributed by atoms with Crippen molar-refractivity contribution >= 4 is 5.78 Å². The van der Waals surface area contributed by atoms with Gasteiger partial charge in [0, 0.05) is 25.0 Å². The molecule has 1 heterocycles. The molecule has 0 N–H and O–H groups in total. The maximum Gasteiger partial charge on any atom is 0.178 e. The van der Waals surface area contributed by atoms with Crippen LogP contribution >= 0.6 is 0 Å². The molecule has 0 saturated heterocycles. The van der Waals surface area contributed by atoms with Crippen molar-refractivity contribution in [2.75, 3.05) is 19.6 Å². The quantitative estimate of drug-likeness (QED) is 0.667. The Morgan fingerprint density at radius 3 is 2.67 bits per heavy atom. The molecule has 1 aromatic rings. The van der Waals surface area contributed by atoms with E-state index >= 15 is 0 Å². The second-order valence-corrected chi connectivity index (χ2v) is 3.86. The first-order chi connectivity index (χ1) is 7.17. The van der Waals surface area contributed by atoms with Gasteiger partial charge in [-0.05, 0) is 25.6 Å². The number of hydrogen-bond donors (Lipinski definition) is 0. The standard InChI is InChI=1S/C12H20N2O/c1-4-7-14(5-2)10-12(15)11-6-8-13(3)9-11/h6,8-9H,4-5,7,10H2,1-3H3. The molecule has 3 heteroatoms. The van der Waals surface area contributed by atoms with Crippen LogP contribution in [-0.2, 0) is 7.05 Å². The van der Waals surface area contributed by atoms with Crippen LogP contribution < -0.4 is 0 Å². The molecule has 0 spiro atoms. The summed E-state index contributed by atoms with van der Waals surface area (Å²) in [6.45, 7) is 6.69. The number of carbonyl (C=O) groups is 1. The minimum Gasteiger partial charge on any atom is -0.357 e. The highest BCUT2D eigenvalue weighted by Gasteiger charge is 2.10. The normalized spacial score (nSPS) is 10.9. The summed E-state index contributed by atoms with van der Waals surface area (Å²) in [6.07, 6.45) is 4.88. The summed E-state index contributed by atoms with van der Waals surface area (Å²) in [5.74, 6) is 0.214. The van der Waals surface area contributed by atoms with Gasteiger partial charge in [-0.25, -0.2) is 0 Å². The lowest BCUT2D eigenvalue weighted by atomic mass is 10.2. The molecular weight excluding hydrogens is 188 g/mol. The summed E-state index contributed by atoms with van der Waals surface area (Å²) in [4.78, 5) is 14.0. The number of aromatic nitrogens is 1. The second kappa shape index (κ2) is 5.71. The molecule has 15 heavy (non-hydrogen) atoms. The average molecular weight is 208 g/mol. The van der Waals surface area contributed by atoms with Crippen LogP contribution in [0.3, 0.4) is 0 Å². The fourth-order valence-electron chi connectivity index (χ4n) is 1.63. The van der Waals surface area contributed by atoms with Crippen LogP contribution in [0.4, 0.5) is 0 Å². The predicted molar refractivity (Wildman–Crippen MR) is 62.1 cm³/mol. The number of likely N-dealkylation sites (N-methyl/N-ethyl adjacent to an activating group) is 1. The van der Waals surface area contributed by atoms with Crippen molar-refractivity contribution in [2.45, 2.75) is 20.3 Å². The zero-order chi connectivity index (χ0) is 11.3. The topological polar surface area (TPSA) is 25.2 Å². The highest BCUT2D eigenvalue weighted by molar-refractivity contribution is 5.97. The highest BCUT2D eigenvalue weighted by Crippen LogP contribution is 2.03. The van der Waals surface area contributed by atoms with Crippen LogP contribution in [0.15, 0.2) is 18.5 Å². The smallest absolute Gasteiger partial charge is 0.178 e. The number of carbonyl (C=O) groups excluding carboxylic acids is 1. The summed E-state index contributed by atoms with van der Waals surface area (Å²) in [6, 6.07) is 1.88. The van der Waals surface area contributed by atoms with Gasteiger partial charge in [-0.1, -0.05) is 13.8 Å². The Labute approximate surface area is 91.7 Å². The van der Waals surface area contributed by atoms with Gasteiger partial charge in [0.15, 0.2) is 5.78 Å². The van der Waals surface area contributed by atoms with Crippen molar-refractivity contribution < 1.29 is 4.79 Å². The monoisotopic (exact) mass is 208 g/mol. The fraction of sp³-hybridized carbons (Fsp3) is 0.583. The van der Waals surface area contributed by atoms with Crippen LogP contribution in [0.1, 0.15) is 30.6 Å². The first-order valence-corrected chi connectivity index (χ1v) is 5.54. The Morgan fingerprint density at radius 1 is 1.47 bits per heavy atom. The maximum absolute atomic E-state index is 11.8. The predicted octanol–water partition coefficient (Wildman–Crippen LogP) is 1.94. The van der Waals surface area contributed by atoms with Gasteiger partial charge in [-0.3, -0.25) is 9.69 Å². The Hall–Kier alpha value is -1.09. The van der Waals surface area contributed by atoms with Gasteiger partial charge in [0.05, 0.1) is 6.54 Å². The zero-order valence-corrected chi connectivity index (χ0v) is 9.86.